The van der Waals surface area contributed by atoms with Gasteiger partial charge in [-0.2, -0.15) is 0 Å². The second-order valence-electron chi connectivity index (χ2n) is 8.92. The average Bonchev–Trinajstić information content (AvgIpc) is 3.49. The Balaban J connectivity index is 1.36. The molecule has 4 heteroatoms. The van der Waals surface area contributed by atoms with E-state index in [0.717, 1.165) is 42.6 Å². The van der Waals surface area contributed by atoms with E-state index in [4.69, 9.17) is 4.74 Å². The average molecular weight is 391 g/mol. The van der Waals surface area contributed by atoms with Crippen LogP contribution >= 0.6 is 0 Å². The molecule has 0 bridgehead atoms. The Hall–Kier alpha value is -2.33. The number of aromatic nitrogens is 2. The molecule has 3 aromatic rings. The smallest absolute Gasteiger partial charge is 0.119 e. The molecule has 2 heterocycles. The monoisotopic (exact) mass is 390 g/mol. The van der Waals surface area contributed by atoms with E-state index < -0.39 is 6.10 Å². The first-order chi connectivity index (χ1) is 14.2. The molecule has 0 spiro atoms. The molecule has 152 valence electrons. The van der Waals surface area contributed by atoms with Crippen LogP contribution in [0.15, 0.2) is 42.9 Å². The van der Waals surface area contributed by atoms with E-state index >= 15 is 0 Å². The lowest BCUT2D eigenvalue weighted by Crippen LogP contribution is -2.22. The number of fused-ring (bicyclic) bond motifs is 1. The van der Waals surface area contributed by atoms with Crippen molar-refractivity contribution in [3.8, 4) is 5.75 Å². The van der Waals surface area contributed by atoms with Crippen LogP contribution in [0.25, 0.3) is 5.52 Å². The van der Waals surface area contributed by atoms with Crippen molar-refractivity contribution in [2.75, 3.05) is 7.11 Å². The summed E-state index contributed by atoms with van der Waals surface area (Å²) < 4.78 is 7.48. The van der Waals surface area contributed by atoms with Crippen molar-refractivity contribution in [1.82, 2.24) is 9.38 Å². The van der Waals surface area contributed by atoms with E-state index in [-0.39, 0.29) is 0 Å². The van der Waals surface area contributed by atoms with Crippen LogP contribution < -0.4 is 4.74 Å². The number of aliphatic hydroxyl groups excluding tert-OH is 1. The molecule has 2 aromatic heterocycles. The summed E-state index contributed by atoms with van der Waals surface area (Å²) in [6.45, 7) is 2.18. The molecule has 4 nitrogen and oxygen atoms in total. The molecule has 29 heavy (non-hydrogen) atoms. The van der Waals surface area contributed by atoms with Crippen molar-refractivity contribution in [1.29, 1.82) is 0 Å². The fourth-order valence-electron chi connectivity index (χ4n) is 5.28. The molecule has 2 aliphatic rings. The molecule has 0 aliphatic heterocycles. The number of nitrogens with zero attached hydrogens (tertiary/aromatic N) is 2. The van der Waals surface area contributed by atoms with E-state index in [1.54, 1.807) is 7.11 Å². The third-order valence-corrected chi connectivity index (χ3v) is 7.09. The third-order valence-electron chi connectivity index (χ3n) is 7.09. The molecule has 1 aromatic carbocycles. The van der Waals surface area contributed by atoms with Gasteiger partial charge in [-0.1, -0.05) is 12.1 Å². The van der Waals surface area contributed by atoms with Gasteiger partial charge in [0.2, 0.25) is 0 Å². The lowest BCUT2D eigenvalue weighted by Gasteiger charge is -2.33. The molecule has 0 amide bonds. The largest absolute Gasteiger partial charge is 0.497 e. The molecule has 0 saturated heterocycles. The Bertz CT molecular complexity index is 1010. The Labute approximate surface area is 172 Å². The second kappa shape index (κ2) is 7.49. The summed E-state index contributed by atoms with van der Waals surface area (Å²) in [7, 11) is 1.72. The van der Waals surface area contributed by atoms with E-state index in [1.165, 1.54) is 29.5 Å². The Kier molecular flexibility index (Phi) is 4.83. The topological polar surface area (TPSA) is 46.8 Å². The molecule has 1 N–H and O–H groups in total. The quantitative estimate of drug-likeness (QED) is 0.622. The highest BCUT2D eigenvalue weighted by Crippen LogP contribution is 2.47. The SMILES string of the molecule is COc1ccc(C2CCC(C(O)c3c(C4CC4)ccc4cncn34)CC2)c(C)c1. The molecular weight excluding hydrogens is 360 g/mol. The fraction of sp³-hybridized carbons (Fsp3) is 0.480. The summed E-state index contributed by atoms with van der Waals surface area (Å²) in [5.41, 5.74) is 6.25. The summed E-state index contributed by atoms with van der Waals surface area (Å²) >= 11 is 0. The van der Waals surface area contributed by atoms with Crippen LogP contribution in [-0.4, -0.2) is 21.6 Å². The third kappa shape index (κ3) is 3.44. The van der Waals surface area contributed by atoms with Gasteiger partial charge in [0.05, 0.1) is 36.9 Å². The van der Waals surface area contributed by atoms with Gasteiger partial charge in [0.25, 0.3) is 0 Å². The predicted octanol–water partition coefficient (Wildman–Crippen LogP) is 5.54. The van der Waals surface area contributed by atoms with Crippen molar-refractivity contribution in [2.24, 2.45) is 5.92 Å². The van der Waals surface area contributed by atoms with Crippen LogP contribution in [0.3, 0.4) is 0 Å². The van der Waals surface area contributed by atoms with E-state index in [2.05, 4.69) is 46.6 Å². The van der Waals surface area contributed by atoms with Gasteiger partial charge in [-0.3, -0.25) is 0 Å². The van der Waals surface area contributed by atoms with Gasteiger partial charge in [-0.05, 0) is 98.1 Å². The van der Waals surface area contributed by atoms with Crippen LogP contribution in [0.2, 0.25) is 0 Å². The number of imidazole rings is 1. The number of aliphatic hydroxyl groups is 1. The maximum Gasteiger partial charge on any atom is 0.119 e. The minimum absolute atomic E-state index is 0.315. The van der Waals surface area contributed by atoms with Crippen LogP contribution in [0.4, 0.5) is 0 Å². The van der Waals surface area contributed by atoms with Crippen molar-refractivity contribution >= 4 is 5.52 Å². The maximum atomic E-state index is 11.4. The van der Waals surface area contributed by atoms with Crippen molar-refractivity contribution < 1.29 is 9.84 Å². The number of methoxy groups -OCH3 is 1. The fourth-order valence-corrected chi connectivity index (χ4v) is 5.28. The van der Waals surface area contributed by atoms with Gasteiger partial charge in [-0.15, -0.1) is 0 Å². The molecule has 1 unspecified atom stereocenters. The molecule has 5 rings (SSSR count). The molecule has 1 atom stereocenters. The molecule has 2 fully saturated rings. The first-order valence-corrected chi connectivity index (χ1v) is 10.9. The number of hydrogen-bond donors (Lipinski definition) is 1. The van der Waals surface area contributed by atoms with Crippen LogP contribution in [0.1, 0.15) is 78.8 Å². The highest BCUT2D eigenvalue weighted by atomic mass is 16.5. The highest BCUT2D eigenvalue weighted by molar-refractivity contribution is 5.50. The highest BCUT2D eigenvalue weighted by Gasteiger charge is 2.34. The lowest BCUT2D eigenvalue weighted by molar-refractivity contribution is 0.0754. The van der Waals surface area contributed by atoms with Crippen molar-refractivity contribution in [2.45, 2.75) is 63.4 Å². The molecular formula is C25H30N2O2. The zero-order valence-corrected chi connectivity index (χ0v) is 17.3. The lowest BCUT2D eigenvalue weighted by atomic mass is 9.75. The van der Waals surface area contributed by atoms with Crippen LogP contribution in [0.5, 0.6) is 5.75 Å². The standard InChI is InChI=1S/C25H30N2O2/c1-16-13-21(29-2)10-12-22(16)17-5-7-19(8-6-17)25(28)24-23(18-3-4-18)11-9-20-14-26-15-27(20)24/h9-15,17-19,25,28H,3-8H2,1-2H3. The minimum atomic E-state index is -0.415. The second-order valence-corrected chi connectivity index (χ2v) is 8.92. The van der Waals surface area contributed by atoms with E-state index in [9.17, 15) is 5.11 Å². The van der Waals surface area contributed by atoms with Gasteiger partial charge in [0, 0.05) is 0 Å². The van der Waals surface area contributed by atoms with Crippen molar-refractivity contribution in [3.63, 3.8) is 0 Å². The van der Waals surface area contributed by atoms with E-state index in [0.29, 0.717) is 17.8 Å². The zero-order valence-electron chi connectivity index (χ0n) is 17.3. The molecule has 2 saturated carbocycles. The number of hydrogen-bond acceptors (Lipinski definition) is 3. The Morgan fingerprint density at radius 1 is 1.00 bits per heavy atom. The predicted molar refractivity (Wildman–Crippen MR) is 115 cm³/mol. The number of benzene rings is 1. The van der Waals surface area contributed by atoms with Gasteiger partial charge < -0.3 is 14.2 Å². The minimum Gasteiger partial charge on any atom is -0.497 e. The number of pyridine rings is 1. The molecule has 0 radical (unpaired) electrons. The summed E-state index contributed by atoms with van der Waals surface area (Å²) in [6, 6.07) is 10.8. The first-order valence-electron chi connectivity index (χ1n) is 10.9. The van der Waals surface area contributed by atoms with Crippen LogP contribution in [-0.2, 0) is 0 Å². The summed E-state index contributed by atoms with van der Waals surface area (Å²) in [4.78, 5) is 4.33. The van der Waals surface area contributed by atoms with Crippen molar-refractivity contribution in [3.05, 3.63) is 65.2 Å². The molecule has 2 aliphatic carbocycles. The zero-order chi connectivity index (χ0) is 20.0. The number of aryl methyl sites for hydroxylation is 1. The Morgan fingerprint density at radius 2 is 1.69 bits per heavy atom. The maximum absolute atomic E-state index is 11.4. The summed E-state index contributed by atoms with van der Waals surface area (Å²) in [6.07, 6.45) is 10.2. The number of rotatable bonds is 5. The van der Waals surface area contributed by atoms with Gasteiger partial charge in [0.15, 0.2) is 0 Å². The van der Waals surface area contributed by atoms with Gasteiger partial charge >= 0.3 is 0 Å². The van der Waals surface area contributed by atoms with Crippen LogP contribution in [0, 0.1) is 12.8 Å². The summed E-state index contributed by atoms with van der Waals surface area (Å²) in [5, 5.41) is 11.4. The van der Waals surface area contributed by atoms with E-state index in [1.807, 2.05) is 12.5 Å². The first kappa shape index (κ1) is 18.7. The number of ether oxygens (including phenoxy) is 1. The van der Waals surface area contributed by atoms with Gasteiger partial charge in [-0.25, -0.2) is 4.98 Å². The normalized spacial score (nSPS) is 23.3. The van der Waals surface area contributed by atoms with Gasteiger partial charge in [0.1, 0.15) is 5.75 Å². The Morgan fingerprint density at radius 3 is 2.38 bits per heavy atom. The summed E-state index contributed by atoms with van der Waals surface area (Å²) in [5.74, 6) is 2.44.